The molecule has 0 spiro atoms. The van der Waals surface area contributed by atoms with Crippen LogP contribution in [0.4, 0.5) is 0 Å². The van der Waals surface area contributed by atoms with E-state index < -0.39 is 10.1 Å². The van der Waals surface area contributed by atoms with Crippen LogP contribution in [0.1, 0.15) is 5.56 Å². The highest BCUT2D eigenvalue weighted by atomic mass is 32.2. The van der Waals surface area contributed by atoms with Gasteiger partial charge in [-0.15, -0.1) is 46.2 Å². The Balaban J connectivity index is 1.65. The van der Waals surface area contributed by atoms with Gasteiger partial charge in [0.15, 0.2) is 0 Å². The molecule has 1 atom stereocenters. The van der Waals surface area contributed by atoms with Gasteiger partial charge < -0.3 is 0 Å². The molecule has 1 unspecified atom stereocenters. The van der Waals surface area contributed by atoms with Crippen LogP contribution in [0, 0.1) is 10.1 Å². The van der Waals surface area contributed by atoms with E-state index in [9.17, 15) is 8.42 Å². The highest BCUT2D eigenvalue weighted by Gasteiger charge is 2.25. The number of hydrogen-bond donors (Lipinski definition) is 0. The fourth-order valence-corrected chi connectivity index (χ4v) is 9.34. The Hall–Kier alpha value is 0.1000. The van der Waals surface area contributed by atoms with E-state index in [2.05, 4.69) is 0 Å². The summed E-state index contributed by atoms with van der Waals surface area (Å²) in [6.45, 7) is 2.10. The summed E-state index contributed by atoms with van der Waals surface area (Å²) < 4.78 is 33.0. The molecule has 2 aromatic rings. The van der Waals surface area contributed by atoms with Crippen LogP contribution in [0.2, 0.25) is 0 Å². The molecule has 1 aromatic carbocycles. The molecular formula is C13H12O3S6. The van der Waals surface area contributed by atoms with Gasteiger partial charge in [0.2, 0.25) is 0 Å². The van der Waals surface area contributed by atoms with Gasteiger partial charge in [-0.1, -0.05) is 29.9 Å². The van der Waals surface area contributed by atoms with E-state index in [-0.39, 0.29) is 16.8 Å². The lowest BCUT2D eigenvalue weighted by molar-refractivity contribution is 0.323. The van der Waals surface area contributed by atoms with Crippen LogP contribution in [-0.4, -0.2) is 26.0 Å². The molecule has 1 aliphatic rings. The minimum absolute atomic E-state index is 0.123. The van der Waals surface area contributed by atoms with Crippen molar-refractivity contribution in [1.82, 2.24) is 0 Å². The van der Waals surface area contributed by atoms with Crippen LogP contribution in [0.15, 0.2) is 37.6 Å². The lowest BCUT2D eigenvalue weighted by atomic mass is 10.2. The van der Waals surface area contributed by atoms with Gasteiger partial charge in [0, 0.05) is 11.0 Å². The van der Waals surface area contributed by atoms with Gasteiger partial charge in [-0.25, -0.2) is 0 Å². The maximum absolute atomic E-state index is 12.2. The fraction of sp³-hybridized carbons (Fsp3) is 0.308. The molecule has 0 radical (unpaired) electrons. The first-order valence-corrected chi connectivity index (χ1v) is 11.6. The molecule has 0 amide bonds. The van der Waals surface area contributed by atoms with Crippen molar-refractivity contribution in [3.05, 3.63) is 33.0 Å². The number of benzene rings is 1. The van der Waals surface area contributed by atoms with Crippen molar-refractivity contribution in [1.29, 1.82) is 0 Å². The molecule has 0 fully saturated rings. The lowest BCUT2D eigenvalue weighted by Crippen LogP contribution is -2.20. The molecular weight excluding hydrogens is 397 g/mol. The second kappa shape index (κ2) is 6.92. The van der Waals surface area contributed by atoms with Gasteiger partial charge in [0.25, 0.3) is 10.1 Å². The zero-order valence-electron chi connectivity index (χ0n) is 11.5. The van der Waals surface area contributed by atoms with Crippen LogP contribution in [0.25, 0.3) is 0 Å². The summed E-state index contributed by atoms with van der Waals surface area (Å²) in [6.07, 6.45) is 0. The topological polar surface area (TPSA) is 43.4 Å². The standard InChI is InChI=1S/C13H12O3S6/c1-8-2-4-10(5-3-8)22(14,15)16-6-9-7-18-11-12(19-9)21-13(17)20-11/h2-5,9H,6-7H2,1H3. The SMILES string of the molecule is Cc1ccc(S(=O)(=O)OCC2CSc3sc(=S)sc3S2)cc1. The summed E-state index contributed by atoms with van der Waals surface area (Å²) in [7, 11) is -3.69. The summed E-state index contributed by atoms with van der Waals surface area (Å²) in [5.74, 6) is 0.836. The average Bonchev–Trinajstić information content (AvgIpc) is 2.85. The zero-order chi connectivity index (χ0) is 15.7. The third kappa shape index (κ3) is 3.95. The molecule has 0 bridgehead atoms. The third-order valence-electron chi connectivity index (χ3n) is 2.91. The van der Waals surface area contributed by atoms with Gasteiger partial charge in [-0.05, 0) is 19.1 Å². The minimum Gasteiger partial charge on any atom is -0.265 e. The van der Waals surface area contributed by atoms with Crippen molar-refractivity contribution in [3.63, 3.8) is 0 Å². The van der Waals surface area contributed by atoms with Crippen molar-refractivity contribution in [2.75, 3.05) is 12.4 Å². The number of fused-ring (bicyclic) bond motifs is 1. The molecule has 0 N–H and O–H groups in total. The van der Waals surface area contributed by atoms with Gasteiger partial charge in [0.1, 0.15) is 3.14 Å². The molecule has 1 aliphatic heterocycles. The maximum atomic E-state index is 12.2. The first-order chi connectivity index (χ1) is 10.4. The van der Waals surface area contributed by atoms with Gasteiger partial charge in [0.05, 0.1) is 19.9 Å². The molecule has 1 aromatic heterocycles. The van der Waals surface area contributed by atoms with E-state index in [0.717, 1.165) is 14.5 Å². The van der Waals surface area contributed by atoms with Crippen molar-refractivity contribution < 1.29 is 12.6 Å². The highest BCUT2D eigenvalue weighted by Crippen LogP contribution is 2.47. The first-order valence-electron chi connectivity index (χ1n) is 6.33. The van der Waals surface area contributed by atoms with E-state index in [1.807, 2.05) is 6.92 Å². The second-order valence-corrected chi connectivity index (χ2v) is 12.3. The summed E-state index contributed by atoms with van der Waals surface area (Å²) in [4.78, 5) is 0.207. The Morgan fingerprint density at radius 3 is 2.64 bits per heavy atom. The third-order valence-corrected chi connectivity index (χ3v) is 10.3. The molecule has 9 heteroatoms. The van der Waals surface area contributed by atoms with E-state index in [1.54, 1.807) is 70.5 Å². The Labute approximate surface area is 151 Å². The Morgan fingerprint density at radius 1 is 1.23 bits per heavy atom. The molecule has 0 aliphatic carbocycles. The van der Waals surface area contributed by atoms with Gasteiger partial charge in [-0.3, -0.25) is 4.18 Å². The smallest absolute Gasteiger partial charge is 0.265 e. The number of hydrogen-bond acceptors (Lipinski definition) is 8. The van der Waals surface area contributed by atoms with Crippen LogP contribution in [0.3, 0.4) is 0 Å². The van der Waals surface area contributed by atoms with Crippen LogP contribution < -0.4 is 0 Å². The average molecular weight is 409 g/mol. The molecule has 22 heavy (non-hydrogen) atoms. The van der Waals surface area contributed by atoms with Crippen LogP contribution in [-0.2, 0) is 14.3 Å². The fourth-order valence-electron chi connectivity index (χ4n) is 1.79. The first kappa shape index (κ1) is 16.9. The van der Waals surface area contributed by atoms with Crippen LogP contribution in [0.5, 0.6) is 0 Å². The van der Waals surface area contributed by atoms with Crippen LogP contribution >= 0.6 is 58.4 Å². The largest absolute Gasteiger partial charge is 0.297 e. The summed E-state index contributed by atoms with van der Waals surface area (Å²) in [5, 5.41) is 0.123. The Bertz CT molecular complexity index is 818. The van der Waals surface area contributed by atoms with Crippen molar-refractivity contribution >= 4 is 68.5 Å². The molecule has 0 saturated heterocycles. The number of rotatable bonds is 4. The molecule has 3 nitrogen and oxygen atoms in total. The zero-order valence-corrected chi connectivity index (χ0v) is 16.4. The normalized spacial score (nSPS) is 18.1. The maximum Gasteiger partial charge on any atom is 0.297 e. The van der Waals surface area contributed by atoms with Crippen molar-refractivity contribution in [2.24, 2.45) is 0 Å². The second-order valence-electron chi connectivity index (χ2n) is 4.63. The van der Waals surface area contributed by atoms with E-state index in [4.69, 9.17) is 16.4 Å². The Morgan fingerprint density at radius 2 is 1.91 bits per heavy atom. The van der Waals surface area contributed by atoms with Gasteiger partial charge in [-0.2, -0.15) is 8.42 Å². The summed E-state index contributed by atoms with van der Waals surface area (Å²) in [5.41, 5.74) is 1.02. The summed E-state index contributed by atoms with van der Waals surface area (Å²) in [6, 6.07) is 6.70. The highest BCUT2D eigenvalue weighted by molar-refractivity contribution is 8.08. The van der Waals surface area contributed by atoms with Crippen molar-refractivity contribution in [2.45, 2.75) is 25.5 Å². The predicted molar refractivity (Wildman–Crippen MR) is 97.7 cm³/mol. The van der Waals surface area contributed by atoms with E-state index >= 15 is 0 Å². The quantitative estimate of drug-likeness (QED) is 0.534. The minimum atomic E-state index is -3.69. The van der Waals surface area contributed by atoms with E-state index in [1.165, 1.54) is 8.42 Å². The lowest BCUT2D eigenvalue weighted by Gasteiger charge is -2.19. The monoisotopic (exact) mass is 408 g/mol. The van der Waals surface area contributed by atoms with Crippen molar-refractivity contribution in [3.8, 4) is 0 Å². The molecule has 118 valence electrons. The number of aryl methyl sites for hydroxylation is 1. The summed E-state index contributed by atoms with van der Waals surface area (Å²) >= 11 is 11.8. The molecule has 2 heterocycles. The molecule has 0 saturated carbocycles. The van der Waals surface area contributed by atoms with E-state index in [0.29, 0.717) is 0 Å². The number of thioether (sulfide) groups is 2. The predicted octanol–water partition coefficient (Wildman–Crippen LogP) is 4.82. The Kier molecular flexibility index (Phi) is 5.33. The van der Waals surface area contributed by atoms with Gasteiger partial charge >= 0.3 is 0 Å². The molecule has 3 rings (SSSR count).